The van der Waals surface area contributed by atoms with E-state index >= 15 is 0 Å². The van der Waals surface area contributed by atoms with Crippen LogP contribution in [-0.2, 0) is 0 Å². The van der Waals surface area contributed by atoms with Gasteiger partial charge in [0.25, 0.3) is 0 Å². The smallest absolute Gasteiger partial charge is 0.154 e. The van der Waals surface area contributed by atoms with E-state index in [1.807, 2.05) is 16.9 Å². The van der Waals surface area contributed by atoms with Crippen molar-refractivity contribution in [1.29, 1.82) is 0 Å². The van der Waals surface area contributed by atoms with Crippen molar-refractivity contribution in [3.8, 4) is 0 Å². The Kier molecular flexibility index (Phi) is 3.83. The van der Waals surface area contributed by atoms with Gasteiger partial charge in [-0.2, -0.15) is 5.10 Å². The van der Waals surface area contributed by atoms with Crippen LogP contribution >= 0.6 is 11.6 Å². The maximum atomic E-state index is 5.99. The molecule has 1 aliphatic carbocycles. The molecule has 0 amide bonds. The molecule has 0 saturated heterocycles. The third-order valence-corrected chi connectivity index (χ3v) is 4.26. The Labute approximate surface area is 124 Å². The standard InChI is InChI=1S/C15H21ClN4/c1-11(2)13-10-14-15(17-7-9-20(14)18-13)19(8-6-16)12-4-3-5-12/h7,9-12H,3-6,8H2,1-2H3. The summed E-state index contributed by atoms with van der Waals surface area (Å²) < 4.78 is 1.94. The second-order valence-electron chi connectivity index (χ2n) is 5.77. The highest BCUT2D eigenvalue weighted by molar-refractivity contribution is 6.18. The maximum absolute atomic E-state index is 5.99. The lowest BCUT2D eigenvalue weighted by Gasteiger charge is -2.38. The fraction of sp³-hybridized carbons (Fsp3) is 0.600. The SMILES string of the molecule is CC(C)c1cc2c(N(CCCl)C3CCC3)nccn2n1. The van der Waals surface area contributed by atoms with Crippen molar-refractivity contribution in [1.82, 2.24) is 14.6 Å². The first-order valence-corrected chi connectivity index (χ1v) is 7.91. The van der Waals surface area contributed by atoms with E-state index in [0.29, 0.717) is 17.8 Å². The van der Waals surface area contributed by atoms with Crippen molar-refractivity contribution < 1.29 is 0 Å². The maximum Gasteiger partial charge on any atom is 0.154 e. The van der Waals surface area contributed by atoms with E-state index in [1.54, 1.807) is 0 Å². The molecular weight excluding hydrogens is 272 g/mol. The van der Waals surface area contributed by atoms with Gasteiger partial charge in [0.15, 0.2) is 5.82 Å². The quantitative estimate of drug-likeness (QED) is 0.792. The number of fused-ring (bicyclic) bond motifs is 1. The number of rotatable bonds is 5. The van der Waals surface area contributed by atoms with E-state index in [-0.39, 0.29) is 0 Å². The molecule has 1 fully saturated rings. The molecule has 0 unspecified atom stereocenters. The van der Waals surface area contributed by atoms with Crippen molar-refractivity contribution in [3.63, 3.8) is 0 Å². The molecule has 0 atom stereocenters. The van der Waals surface area contributed by atoms with Crippen LogP contribution in [0.15, 0.2) is 18.5 Å². The monoisotopic (exact) mass is 292 g/mol. The van der Waals surface area contributed by atoms with E-state index in [9.17, 15) is 0 Å². The summed E-state index contributed by atoms with van der Waals surface area (Å²) in [7, 11) is 0. The van der Waals surface area contributed by atoms with Gasteiger partial charge < -0.3 is 4.90 Å². The Hall–Kier alpha value is -1.29. The average Bonchev–Trinajstić information content (AvgIpc) is 2.80. The first-order valence-electron chi connectivity index (χ1n) is 7.37. The highest BCUT2D eigenvalue weighted by Gasteiger charge is 2.27. The summed E-state index contributed by atoms with van der Waals surface area (Å²) in [6, 6.07) is 2.75. The lowest BCUT2D eigenvalue weighted by atomic mass is 9.91. The molecule has 2 aromatic rings. The third kappa shape index (κ3) is 2.37. The predicted octanol–water partition coefficient (Wildman–Crippen LogP) is 3.45. The Morgan fingerprint density at radius 2 is 2.25 bits per heavy atom. The van der Waals surface area contributed by atoms with Crippen LogP contribution in [0.2, 0.25) is 0 Å². The average molecular weight is 293 g/mol. The summed E-state index contributed by atoms with van der Waals surface area (Å²) in [5.41, 5.74) is 2.20. The molecule has 4 nitrogen and oxygen atoms in total. The molecule has 2 aromatic heterocycles. The van der Waals surface area contributed by atoms with E-state index in [1.165, 1.54) is 19.3 Å². The van der Waals surface area contributed by atoms with Gasteiger partial charge >= 0.3 is 0 Å². The molecule has 1 aliphatic rings. The number of halogens is 1. The molecule has 108 valence electrons. The van der Waals surface area contributed by atoms with Crippen LogP contribution in [0.25, 0.3) is 5.52 Å². The van der Waals surface area contributed by atoms with Crippen LogP contribution in [-0.4, -0.2) is 33.1 Å². The molecule has 2 heterocycles. The fourth-order valence-corrected chi connectivity index (χ4v) is 2.86. The van der Waals surface area contributed by atoms with Gasteiger partial charge in [0.05, 0.1) is 5.69 Å². The minimum atomic E-state index is 0.424. The normalized spacial score (nSPS) is 15.8. The van der Waals surface area contributed by atoms with Gasteiger partial charge in [-0.3, -0.25) is 0 Å². The predicted molar refractivity (Wildman–Crippen MR) is 82.8 cm³/mol. The van der Waals surface area contributed by atoms with Crippen LogP contribution in [0.5, 0.6) is 0 Å². The highest BCUT2D eigenvalue weighted by atomic mass is 35.5. The Morgan fingerprint density at radius 1 is 1.45 bits per heavy atom. The summed E-state index contributed by atoms with van der Waals surface area (Å²) in [5.74, 6) is 2.08. The van der Waals surface area contributed by atoms with Crippen molar-refractivity contribution in [3.05, 3.63) is 24.2 Å². The number of anilines is 1. The van der Waals surface area contributed by atoms with Crippen LogP contribution in [0, 0.1) is 0 Å². The van der Waals surface area contributed by atoms with E-state index in [2.05, 4.69) is 34.9 Å². The number of alkyl halides is 1. The summed E-state index contributed by atoms with van der Waals surface area (Å²) in [6.45, 7) is 5.18. The van der Waals surface area contributed by atoms with Gasteiger partial charge in [-0.1, -0.05) is 13.8 Å². The first-order chi connectivity index (χ1) is 9.70. The van der Waals surface area contributed by atoms with Gasteiger partial charge in [0, 0.05) is 30.9 Å². The van der Waals surface area contributed by atoms with Crippen molar-refractivity contribution >= 4 is 22.9 Å². The summed E-state index contributed by atoms with van der Waals surface area (Å²) in [4.78, 5) is 6.97. The van der Waals surface area contributed by atoms with Crippen molar-refractivity contribution in [2.24, 2.45) is 0 Å². The molecule has 3 rings (SSSR count). The lowest BCUT2D eigenvalue weighted by molar-refractivity contribution is 0.389. The summed E-state index contributed by atoms with van der Waals surface area (Å²) in [5, 5.41) is 4.64. The molecule has 0 aromatic carbocycles. The number of aromatic nitrogens is 3. The number of nitrogens with zero attached hydrogens (tertiary/aromatic N) is 4. The molecule has 0 N–H and O–H groups in total. The second kappa shape index (κ2) is 5.60. The highest BCUT2D eigenvalue weighted by Crippen LogP contribution is 2.31. The Bertz CT molecular complexity index is 589. The topological polar surface area (TPSA) is 33.4 Å². The first kappa shape index (κ1) is 13.7. The summed E-state index contributed by atoms with van der Waals surface area (Å²) >= 11 is 5.99. The van der Waals surface area contributed by atoms with Crippen LogP contribution in [0.3, 0.4) is 0 Å². The lowest BCUT2D eigenvalue weighted by Crippen LogP contribution is -2.42. The van der Waals surface area contributed by atoms with Crippen LogP contribution < -0.4 is 4.90 Å². The van der Waals surface area contributed by atoms with E-state index < -0.39 is 0 Å². The van der Waals surface area contributed by atoms with E-state index in [0.717, 1.165) is 23.6 Å². The van der Waals surface area contributed by atoms with Gasteiger partial charge in [0.2, 0.25) is 0 Å². The molecule has 0 radical (unpaired) electrons. The van der Waals surface area contributed by atoms with Gasteiger partial charge in [-0.15, -0.1) is 11.6 Å². The largest absolute Gasteiger partial charge is 0.351 e. The van der Waals surface area contributed by atoms with Crippen LogP contribution in [0.1, 0.15) is 44.7 Å². The van der Waals surface area contributed by atoms with E-state index in [4.69, 9.17) is 11.6 Å². The Balaban J connectivity index is 2.04. The van der Waals surface area contributed by atoms with Gasteiger partial charge in [-0.25, -0.2) is 9.50 Å². The molecule has 20 heavy (non-hydrogen) atoms. The zero-order valence-corrected chi connectivity index (χ0v) is 12.8. The zero-order valence-electron chi connectivity index (χ0n) is 12.1. The second-order valence-corrected chi connectivity index (χ2v) is 6.15. The molecule has 0 aliphatic heterocycles. The molecule has 0 bridgehead atoms. The minimum Gasteiger partial charge on any atom is -0.351 e. The molecule has 1 saturated carbocycles. The minimum absolute atomic E-state index is 0.424. The number of hydrogen-bond acceptors (Lipinski definition) is 3. The summed E-state index contributed by atoms with van der Waals surface area (Å²) in [6.07, 6.45) is 7.54. The van der Waals surface area contributed by atoms with Gasteiger partial charge in [-0.05, 0) is 31.2 Å². The molecule has 0 spiro atoms. The van der Waals surface area contributed by atoms with Crippen molar-refractivity contribution in [2.45, 2.75) is 45.1 Å². The third-order valence-electron chi connectivity index (χ3n) is 4.09. The number of hydrogen-bond donors (Lipinski definition) is 0. The molecular formula is C15H21ClN4. The van der Waals surface area contributed by atoms with Crippen LogP contribution in [0.4, 0.5) is 5.82 Å². The Morgan fingerprint density at radius 3 is 2.85 bits per heavy atom. The fourth-order valence-electron chi connectivity index (χ4n) is 2.68. The zero-order chi connectivity index (χ0) is 14.1. The van der Waals surface area contributed by atoms with Crippen molar-refractivity contribution in [2.75, 3.05) is 17.3 Å². The van der Waals surface area contributed by atoms with Gasteiger partial charge in [0.1, 0.15) is 5.52 Å². The molecule has 5 heteroatoms.